The van der Waals surface area contributed by atoms with Crippen molar-refractivity contribution in [3.05, 3.63) is 0 Å². The van der Waals surface area contributed by atoms with Gasteiger partial charge in [-0.1, -0.05) is 0 Å². The molecule has 0 aromatic rings. The standard InChI is InChI=1S/C10H19NO2/c12-7-9-2-1-4-11(6-9)10-3-5-13-8-10/h9-10,12H,1-8H2. The Balaban J connectivity index is 1.84. The third-order valence-electron chi connectivity index (χ3n) is 3.23. The topological polar surface area (TPSA) is 32.7 Å². The van der Waals surface area contributed by atoms with Gasteiger partial charge in [-0.2, -0.15) is 0 Å². The molecule has 0 aromatic carbocycles. The van der Waals surface area contributed by atoms with Crippen molar-refractivity contribution in [2.45, 2.75) is 25.3 Å². The van der Waals surface area contributed by atoms with Crippen molar-refractivity contribution in [2.24, 2.45) is 5.92 Å². The summed E-state index contributed by atoms with van der Waals surface area (Å²) in [6.07, 6.45) is 3.61. The molecule has 0 bridgehead atoms. The van der Waals surface area contributed by atoms with Crippen LogP contribution in [0.15, 0.2) is 0 Å². The number of aliphatic hydroxyl groups is 1. The lowest BCUT2D eigenvalue weighted by molar-refractivity contribution is 0.0783. The van der Waals surface area contributed by atoms with E-state index in [1.54, 1.807) is 0 Å². The molecule has 2 fully saturated rings. The van der Waals surface area contributed by atoms with E-state index in [-0.39, 0.29) is 0 Å². The van der Waals surface area contributed by atoms with Gasteiger partial charge in [0.1, 0.15) is 0 Å². The van der Waals surface area contributed by atoms with Crippen molar-refractivity contribution in [1.29, 1.82) is 0 Å². The molecule has 2 rings (SSSR count). The molecule has 13 heavy (non-hydrogen) atoms. The van der Waals surface area contributed by atoms with Crippen LogP contribution in [0.4, 0.5) is 0 Å². The Morgan fingerprint density at radius 1 is 1.38 bits per heavy atom. The first kappa shape index (κ1) is 9.44. The molecule has 3 nitrogen and oxygen atoms in total. The molecule has 76 valence electrons. The van der Waals surface area contributed by atoms with E-state index < -0.39 is 0 Å². The van der Waals surface area contributed by atoms with Crippen LogP contribution < -0.4 is 0 Å². The minimum Gasteiger partial charge on any atom is -0.396 e. The van der Waals surface area contributed by atoms with E-state index in [0.29, 0.717) is 18.6 Å². The summed E-state index contributed by atoms with van der Waals surface area (Å²) >= 11 is 0. The van der Waals surface area contributed by atoms with Crippen molar-refractivity contribution >= 4 is 0 Å². The van der Waals surface area contributed by atoms with E-state index in [9.17, 15) is 0 Å². The zero-order valence-electron chi connectivity index (χ0n) is 8.11. The summed E-state index contributed by atoms with van der Waals surface area (Å²) in [7, 11) is 0. The number of hydrogen-bond acceptors (Lipinski definition) is 3. The maximum Gasteiger partial charge on any atom is 0.0622 e. The SMILES string of the molecule is OCC1CCCN(C2CCOC2)C1. The first-order valence-corrected chi connectivity index (χ1v) is 5.33. The zero-order valence-corrected chi connectivity index (χ0v) is 8.11. The van der Waals surface area contributed by atoms with Crippen LogP contribution in [0, 0.1) is 5.92 Å². The van der Waals surface area contributed by atoms with Crippen molar-refractivity contribution in [3.63, 3.8) is 0 Å². The average molecular weight is 185 g/mol. The number of piperidine rings is 1. The molecule has 0 aliphatic carbocycles. The van der Waals surface area contributed by atoms with Crippen molar-refractivity contribution in [2.75, 3.05) is 32.9 Å². The lowest BCUT2D eigenvalue weighted by Crippen LogP contribution is -2.43. The maximum atomic E-state index is 9.09. The Morgan fingerprint density at radius 2 is 2.31 bits per heavy atom. The lowest BCUT2D eigenvalue weighted by atomic mass is 9.97. The molecule has 0 spiro atoms. The second-order valence-corrected chi connectivity index (χ2v) is 4.20. The molecule has 1 N–H and O–H groups in total. The number of aliphatic hydroxyl groups excluding tert-OH is 1. The molecule has 2 aliphatic heterocycles. The van der Waals surface area contributed by atoms with Gasteiger partial charge in [-0.3, -0.25) is 4.90 Å². The number of likely N-dealkylation sites (tertiary alicyclic amines) is 1. The fourth-order valence-electron chi connectivity index (χ4n) is 2.39. The normalized spacial score (nSPS) is 36.7. The zero-order chi connectivity index (χ0) is 9.10. The predicted molar refractivity (Wildman–Crippen MR) is 50.6 cm³/mol. The van der Waals surface area contributed by atoms with Crippen LogP contribution in [-0.4, -0.2) is 49.0 Å². The highest BCUT2D eigenvalue weighted by Crippen LogP contribution is 2.21. The van der Waals surface area contributed by atoms with Gasteiger partial charge in [0.15, 0.2) is 0 Å². The minimum absolute atomic E-state index is 0.351. The van der Waals surface area contributed by atoms with Gasteiger partial charge in [0.25, 0.3) is 0 Å². The predicted octanol–water partition coefficient (Wildman–Crippen LogP) is 0.480. The van der Waals surface area contributed by atoms with E-state index in [1.165, 1.54) is 25.8 Å². The second kappa shape index (κ2) is 4.40. The molecule has 2 unspecified atom stereocenters. The molecule has 2 aliphatic rings. The highest BCUT2D eigenvalue weighted by Gasteiger charge is 2.27. The molecular formula is C10H19NO2. The van der Waals surface area contributed by atoms with E-state index in [1.807, 2.05) is 0 Å². The van der Waals surface area contributed by atoms with Crippen LogP contribution >= 0.6 is 0 Å². The minimum atomic E-state index is 0.351. The van der Waals surface area contributed by atoms with Gasteiger partial charge >= 0.3 is 0 Å². The number of hydrogen-bond donors (Lipinski definition) is 1. The van der Waals surface area contributed by atoms with Gasteiger partial charge in [-0.15, -0.1) is 0 Å². The number of rotatable bonds is 2. The summed E-state index contributed by atoms with van der Waals surface area (Å²) in [4.78, 5) is 2.50. The largest absolute Gasteiger partial charge is 0.396 e. The van der Waals surface area contributed by atoms with Crippen LogP contribution in [0.5, 0.6) is 0 Å². The number of ether oxygens (including phenoxy) is 1. The highest BCUT2D eigenvalue weighted by atomic mass is 16.5. The molecule has 2 atom stereocenters. The van der Waals surface area contributed by atoms with Crippen LogP contribution in [0.2, 0.25) is 0 Å². The van der Waals surface area contributed by atoms with Gasteiger partial charge in [0.05, 0.1) is 6.61 Å². The fraction of sp³-hybridized carbons (Fsp3) is 1.00. The molecule has 0 aromatic heterocycles. The Bertz CT molecular complexity index is 157. The first-order chi connectivity index (χ1) is 6.40. The maximum absolute atomic E-state index is 9.09. The van der Waals surface area contributed by atoms with Crippen LogP contribution in [0.1, 0.15) is 19.3 Å². The summed E-state index contributed by atoms with van der Waals surface area (Å²) in [5, 5.41) is 9.09. The summed E-state index contributed by atoms with van der Waals surface area (Å²) in [5.74, 6) is 0.509. The van der Waals surface area contributed by atoms with Gasteiger partial charge in [-0.25, -0.2) is 0 Å². The molecular weight excluding hydrogens is 166 g/mol. The Labute approximate surface area is 79.7 Å². The Morgan fingerprint density at radius 3 is 3.00 bits per heavy atom. The molecule has 2 saturated heterocycles. The molecule has 0 radical (unpaired) electrons. The summed E-state index contributed by atoms with van der Waals surface area (Å²) in [6.45, 7) is 4.45. The summed E-state index contributed by atoms with van der Waals surface area (Å²) < 4.78 is 5.38. The van der Waals surface area contributed by atoms with E-state index in [0.717, 1.165) is 19.8 Å². The average Bonchev–Trinajstić information content (AvgIpc) is 2.71. The van der Waals surface area contributed by atoms with Gasteiger partial charge in [0.2, 0.25) is 0 Å². The third kappa shape index (κ3) is 2.22. The molecule has 2 heterocycles. The summed E-state index contributed by atoms with van der Waals surface area (Å²) in [5.41, 5.74) is 0. The monoisotopic (exact) mass is 185 g/mol. The lowest BCUT2D eigenvalue weighted by Gasteiger charge is -2.35. The van der Waals surface area contributed by atoms with Crippen molar-refractivity contribution in [3.8, 4) is 0 Å². The smallest absolute Gasteiger partial charge is 0.0622 e. The van der Waals surface area contributed by atoms with Crippen molar-refractivity contribution < 1.29 is 9.84 Å². The summed E-state index contributed by atoms with van der Waals surface area (Å²) in [6, 6.07) is 0.634. The van der Waals surface area contributed by atoms with E-state index in [2.05, 4.69) is 4.90 Å². The first-order valence-electron chi connectivity index (χ1n) is 5.33. The van der Waals surface area contributed by atoms with Gasteiger partial charge in [-0.05, 0) is 31.7 Å². The number of nitrogens with zero attached hydrogens (tertiary/aromatic N) is 1. The second-order valence-electron chi connectivity index (χ2n) is 4.20. The van der Waals surface area contributed by atoms with Gasteiger partial charge in [0, 0.05) is 25.8 Å². The van der Waals surface area contributed by atoms with Crippen LogP contribution in [0.3, 0.4) is 0 Å². The van der Waals surface area contributed by atoms with E-state index in [4.69, 9.17) is 9.84 Å². The quantitative estimate of drug-likeness (QED) is 0.679. The van der Waals surface area contributed by atoms with Crippen LogP contribution in [-0.2, 0) is 4.74 Å². The molecule has 0 amide bonds. The third-order valence-corrected chi connectivity index (χ3v) is 3.23. The van der Waals surface area contributed by atoms with Crippen LogP contribution in [0.25, 0.3) is 0 Å². The van der Waals surface area contributed by atoms with Gasteiger partial charge < -0.3 is 9.84 Å². The fourth-order valence-corrected chi connectivity index (χ4v) is 2.39. The highest BCUT2D eigenvalue weighted by molar-refractivity contribution is 4.81. The Kier molecular flexibility index (Phi) is 3.19. The van der Waals surface area contributed by atoms with E-state index >= 15 is 0 Å². The molecule has 0 saturated carbocycles. The van der Waals surface area contributed by atoms with Crippen molar-refractivity contribution in [1.82, 2.24) is 4.90 Å². The Hall–Kier alpha value is -0.120. The molecule has 3 heteroatoms.